The molecule has 0 aliphatic carbocycles. The quantitative estimate of drug-likeness (QED) is 0.795. The maximum Gasteiger partial charge on any atom is 0.147 e. The Labute approximate surface area is 94.4 Å². The maximum absolute atomic E-state index is 13.6. The van der Waals surface area contributed by atoms with Gasteiger partial charge in [0, 0.05) is 18.1 Å². The molecule has 1 aromatic carbocycles. The van der Waals surface area contributed by atoms with Gasteiger partial charge in [-0.05, 0) is 22.9 Å². The van der Waals surface area contributed by atoms with Crippen LogP contribution >= 0.6 is 15.9 Å². The summed E-state index contributed by atoms with van der Waals surface area (Å²) in [6.45, 7) is 1.33. The van der Waals surface area contributed by atoms with Crippen LogP contribution in [0.4, 0.5) is 8.78 Å². The number of carbonyl (C=O) groups is 1. The smallest absolute Gasteiger partial charge is 0.147 e. The number of Topliss-reactive ketones (excluding diaryl/α,β-unsaturated/α-hetero) is 1. The summed E-state index contributed by atoms with van der Waals surface area (Å²) >= 11 is 2.77. The number of methoxy groups -OCH3 is 1. The lowest BCUT2D eigenvalue weighted by atomic mass is 10.1. The second-order valence-corrected chi connectivity index (χ2v) is 3.84. The minimum absolute atomic E-state index is 0.0448. The van der Waals surface area contributed by atoms with E-state index in [1.54, 1.807) is 0 Å². The van der Waals surface area contributed by atoms with Crippen LogP contribution in [-0.2, 0) is 11.2 Å². The molecule has 0 aliphatic rings. The summed E-state index contributed by atoms with van der Waals surface area (Å²) in [6, 6.07) is 1.05. The Hall–Kier alpha value is -0.970. The molecule has 0 unspecified atom stereocenters. The lowest BCUT2D eigenvalue weighted by Gasteiger charge is -2.10. The molecule has 0 aliphatic heterocycles. The van der Waals surface area contributed by atoms with E-state index in [1.807, 2.05) is 0 Å². The Bertz CT molecular complexity index is 405. The summed E-state index contributed by atoms with van der Waals surface area (Å²) in [5.41, 5.74) is 0.0678. The summed E-state index contributed by atoms with van der Waals surface area (Å²) in [5, 5.41) is 0. The number of benzene rings is 1. The lowest BCUT2D eigenvalue weighted by molar-refractivity contribution is -0.116. The van der Waals surface area contributed by atoms with Gasteiger partial charge in [-0.1, -0.05) is 0 Å². The zero-order valence-corrected chi connectivity index (χ0v) is 9.82. The van der Waals surface area contributed by atoms with Crippen LogP contribution in [0.2, 0.25) is 0 Å². The Morgan fingerprint density at radius 1 is 1.53 bits per heavy atom. The molecule has 82 valence electrons. The number of hydrogen-bond acceptors (Lipinski definition) is 2. The first-order valence-corrected chi connectivity index (χ1v) is 4.96. The molecule has 0 N–H and O–H groups in total. The van der Waals surface area contributed by atoms with Crippen LogP contribution in [0.1, 0.15) is 12.5 Å². The summed E-state index contributed by atoms with van der Waals surface area (Å²) in [6.07, 6.45) is -0.117. The molecule has 0 amide bonds. The normalized spacial score (nSPS) is 10.2. The van der Waals surface area contributed by atoms with E-state index >= 15 is 0 Å². The van der Waals surface area contributed by atoms with E-state index in [9.17, 15) is 13.6 Å². The van der Waals surface area contributed by atoms with Crippen molar-refractivity contribution in [3.8, 4) is 5.75 Å². The van der Waals surface area contributed by atoms with Gasteiger partial charge < -0.3 is 4.74 Å². The average Bonchev–Trinajstić information content (AvgIpc) is 2.18. The molecule has 0 radical (unpaired) electrons. The summed E-state index contributed by atoms with van der Waals surface area (Å²) in [7, 11) is 1.30. The standard InChI is InChI=1S/C10H9BrF2O2/c1-5(14)3-6-8(15-2)4-7(12)9(11)10(6)13/h4H,3H2,1-2H3. The molecule has 2 nitrogen and oxygen atoms in total. The third kappa shape index (κ3) is 2.53. The molecule has 0 atom stereocenters. The van der Waals surface area contributed by atoms with Crippen molar-refractivity contribution in [1.82, 2.24) is 0 Å². The molecule has 0 heterocycles. The molecule has 0 spiro atoms. The number of ketones is 1. The largest absolute Gasteiger partial charge is 0.496 e. The van der Waals surface area contributed by atoms with Crippen molar-refractivity contribution in [2.45, 2.75) is 13.3 Å². The van der Waals surface area contributed by atoms with Gasteiger partial charge in [-0.2, -0.15) is 0 Å². The highest BCUT2D eigenvalue weighted by Crippen LogP contribution is 2.30. The van der Waals surface area contributed by atoms with Gasteiger partial charge in [0.05, 0.1) is 11.6 Å². The second kappa shape index (κ2) is 4.70. The second-order valence-electron chi connectivity index (χ2n) is 3.05. The highest BCUT2D eigenvalue weighted by atomic mass is 79.9. The van der Waals surface area contributed by atoms with Crippen LogP contribution in [0, 0.1) is 11.6 Å². The fraction of sp³-hybridized carbons (Fsp3) is 0.300. The maximum atomic E-state index is 13.6. The highest BCUT2D eigenvalue weighted by molar-refractivity contribution is 9.10. The van der Waals surface area contributed by atoms with Crippen LogP contribution < -0.4 is 4.74 Å². The van der Waals surface area contributed by atoms with Crippen LogP contribution in [0.5, 0.6) is 5.75 Å². The summed E-state index contributed by atoms with van der Waals surface area (Å²) in [5.74, 6) is -1.71. The molecule has 1 aromatic rings. The minimum Gasteiger partial charge on any atom is -0.496 e. The highest BCUT2D eigenvalue weighted by Gasteiger charge is 2.18. The topological polar surface area (TPSA) is 26.3 Å². The van der Waals surface area contributed by atoms with Gasteiger partial charge in [0.15, 0.2) is 0 Å². The first-order chi connectivity index (χ1) is 6.97. The van der Waals surface area contributed by atoms with E-state index in [-0.39, 0.29) is 28.0 Å². The number of halogens is 3. The van der Waals surface area contributed by atoms with Crippen molar-refractivity contribution in [3.05, 3.63) is 27.7 Å². The Morgan fingerprint density at radius 3 is 2.60 bits per heavy atom. The fourth-order valence-corrected chi connectivity index (χ4v) is 1.56. The predicted molar refractivity (Wildman–Crippen MR) is 55.0 cm³/mol. The van der Waals surface area contributed by atoms with E-state index < -0.39 is 11.6 Å². The van der Waals surface area contributed by atoms with Gasteiger partial charge in [-0.15, -0.1) is 0 Å². The van der Waals surface area contributed by atoms with E-state index in [0.29, 0.717) is 0 Å². The third-order valence-corrected chi connectivity index (χ3v) is 2.60. The first-order valence-electron chi connectivity index (χ1n) is 4.17. The van der Waals surface area contributed by atoms with Crippen molar-refractivity contribution >= 4 is 21.7 Å². The predicted octanol–water partition coefficient (Wildman–Crippen LogP) is 2.87. The van der Waals surface area contributed by atoms with Gasteiger partial charge in [0.1, 0.15) is 23.2 Å². The molecule has 15 heavy (non-hydrogen) atoms. The fourth-order valence-electron chi connectivity index (χ4n) is 1.21. The van der Waals surface area contributed by atoms with Crippen molar-refractivity contribution < 1.29 is 18.3 Å². The van der Waals surface area contributed by atoms with Crippen molar-refractivity contribution in [3.63, 3.8) is 0 Å². The van der Waals surface area contributed by atoms with Gasteiger partial charge >= 0.3 is 0 Å². The Balaban J connectivity index is 3.33. The number of rotatable bonds is 3. The summed E-state index contributed by atoms with van der Waals surface area (Å²) < 4.78 is 31.2. The van der Waals surface area contributed by atoms with Gasteiger partial charge in [0.25, 0.3) is 0 Å². The van der Waals surface area contributed by atoms with Crippen LogP contribution in [-0.4, -0.2) is 12.9 Å². The number of hydrogen-bond donors (Lipinski definition) is 0. The Morgan fingerprint density at radius 2 is 2.13 bits per heavy atom. The third-order valence-electron chi connectivity index (χ3n) is 1.87. The van der Waals surface area contributed by atoms with Crippen LogP contribution in [0.3, 0.4) is 0 Å². The first kappa shape index (κ1) is 12.1. The molecule has 0 saturated heterocycles. The molecule has 0 saturated carbocycles. The molecule has 0 aromatic heterocycles. The lowest BCUT2D eigenvalue weighted by Crippen LogP contribution is -2.04. The van der Waals surface area contributed by atoms with Crippen molar-refractivity contribution in [1.29, 1.82) is 0 Å². The molecule has 0 bridgehead atoms. The van der Waals surface area contributed by atoms with Crippen LogP contribution in [0.25, 0.3) is 0 Å². The molecule has 0 fully saturated rings. The van der Waals surface area contributed by atoms with Gasteiger partial charge in [0.2, 0.25) is 0 Å². The van der Waals surface area contributed by atoms with E-state index in [4.69, 9.17) is 4.74 Å². The van der Waals surface area contributed by atoms with Gasteiger partial charge in [-0.25, -0.2) is 8.78 Å². The number of ether oxygens (including phenoxy) is 1. The molecular formula is C10H9BrF2O2. The molecular weight excluding hydrogens is 270 g/mol. The van der Waals surface area contributed by atoms with E-state index in [2.05, 4.69) is 15.9 Å². The SMILES string of the molecule is COc1cc(F)c(Br)c(F)c1CC(C)=O. The molecule has 1 rings (SSSR count). The average molecular weight is 279 g/mol. The van der Waals surface area contributed by atoms with Crippen LogP contribution in [0.15, 0.2) is 10.5 Å². The van der Waals surface area contributed by atoms with E-state index in [0.717, 1.165) is 6.07 Å². The van der Waals surface area contributed by atoms with Gasteiger partial charge in [-0.3, -0.25) is 4.79 Å². The minimum atomic E-state index is -0.790. The Kier molecular flexibility index (Phi) is 3.79. The van der Waals surface area contributed by atoms with Crippen molar-refractivity contribution in [2.75, 3.05) is 7.11 Å². The molecule has 5 heteroatoms. The van der Waals surface area contributed by atoms with Crippen molar-refractivity contribution in [2.24, 2.45) is 0 Å². The van der Waals surface area contributed by atoms with E-state index in [1.165, 1.54) is 14.0 Å². The number of carbonyl (C=O) groups excluding carboxylic acids is 1. The monoisotopic (exact) mass is 278 g/mol. The zero-order valence-electron chi connectivity index (χ0n) is 8.23. The zero-order chi connectivity index (χ0) is 11.6. The summed E-state index contributed by atoms with van der Waals surface area (Å²) in [4.78, 5) is 10.9.